The molecule has 5 heteroatoms. The maximum Gasteiger partial charge on any atom is 0.191 e. The number of likely N-dealkylation sites (tertiary alicyclic amines) is 1. The van der Waals surface area contributed by atoms with Gasteiger partial charge in [-0.15, -0.1) is 24.0 Å². The maximum atomic E-state index is 4.94. The molecule has 1 aliphatic heterocycles. The maximum absolute atomic E-state index is 4.94. The highest BCUT2D eigenvalue weighted by atomic mass is 127. The molecule has 3 rings (SSSR count). The van der Waals surface area contributed by atoms with Gasteiger partial charge < -0.3 is 15.5 Å². The monoisotopic (exact) mass is 434 g/mol. The number of nitrogens with zero attached hydrogens (tertiary/aromatic N) is 2. The average Bonchev–Trinajstić information content (AvgIpc) is 3.39. The molecule has 3 aliphatic rings. The van der Waals surface area contributed by atoms with Crippen molar-refractivity contribution in [1.82, 2.24) is 15.5 Å². The lowest BCUT2D eigenvalue weighted by Gasteiger charge is -2.33. The molecule has 0 unspecified atom stereocenters. The van der Waals surface area contributed by atoms with Crippen LogP contribution in [0, 0.1) is 11.3 Å². The van der Waals surface area contributed by atoms with Crippen LogP contribution in [-0.4, -0.2) is 49.6 Å². The van der Waals surface area contributed by atoms with Gasteiger partial charge in [-0.05, 0) is 69.7 Å². The molecule has 0 aromatic rings. The third-order valence-corrected chi connectivity index (χ3v) is 5.70. The van der Waals surface area contributed by atoms with Gasteiger partial charge in [-0.3, -0.25) is 4.99 Å². The van der Waals surface area contributed by atoms with E-state index in [1.165, 1.54) is 64.6 Å². The highest BCUT2D eigenvalue weighted by Gasteiger charge is 2.53. The molecule has 1 saturated heterocycles. The lowest BCUT2D eigenvalue weighted by molar-refractivity contribution is 0.206. The van der Waals surface area contributed by atoms with Crippen LogP contribution < -0.4 is 10.6 Å². The Kier molecular flexibility index (Phi) is 7.45. The van der Waals surface area contributed by atoms with Crippen molar-refractivity contribution >= 4 is 29.9 Å². The van der Waals surface area contributed by atoms with Gasteiger partial charge in [0.1, 0.15) is 0 Å². The Morgan fingerprint density at radius 3 is 2.35 bits per heavy atom. The van der Waals surface area contributed by atoms with E-state index in [1.807, 2.05) is 0 Å². The number of halogens is 1. The Hall–Kier alpha value is -0.0400. The Morgan fingerprint density at radius 1 is 1.13 bits per heavy atom. The predicted molar refractivity (Wildman–Crippen MR) is 109 cm³/mol. The van der Waals surface area contributed by atoms with Crippen LogP contribution in [0.2, 0.25) is 0 Å². The molecular formula is C18H35IN4. The molecule has 2 aliphatic carbocycles. The van der Waals surface area contributed by atoms with Gasteiger partial charge in [0.05, 0.1) is 0 Å². The summed E-state index contributed by atoms with van der Waals surface area (Å²) in [6, 6.07) is 0.599. The molecule has 2 N–H and O–H groups in total. The zero-order valence-electron chi connectivity index (χ0n) is 14.9. The normalized spacial score (nSPS) is 24.9. The Bertz CT molecular complexity index is 382. The molecule has 23 heavy (non-hydrogen) atoms. The van der Waals surface area contributed by atoms with Gasteiger partial charge in [0.25, 0.3) is 0 Å². The van der Waals surface area contributed by atoms with Gasteiger partial charge >= 0.3 is 0 Å². The quantitative estimate of drug-likeness (QED) is 0.367. The SMILES string of the molecule is CCCN1CCC(NC(=NCC2(C3CC3)CC2)NCC)CC1.I. The summed E-state index contributed by atoms with van der Waals surface area (Å²) < 4.78 is 0. The first-order valence-electron chi connectivity index (χ1n) is 9.53. The molecule has 0 radical (unpaired) electrons. The summed E-state index contributed by atoms with van der Waals surface area (Å²) >= 11 is 0. The number of hydrogen-bond donors (Lipinski definition) is 2. The number of piperidine rings is 1. The number of hydrogen-bond acceptors (Lipinski definition) is 2. The highest BCUT2D eigenvalue weighted by molar-refractivity contribution is 14.0. The van der Waals surface area contributed by atoms with Gasteiger partial charge in [0, 0.05) is 32.2 Å². The van der Waals surface area contributed by atoms with Gasteiger partial charge in [0.2, 0.25) is 0 Å². The average molecular weight is 434 g/mol. The number of guanidine groups is 1. The van der Waals surface area contributed by atoms with Gasteiger partial charge in [-0.2, -0.15) is 0 Å². The van der Waals surface area contributed by atoms with E-state index in [1.54, 1.807) is 0 Å². The molecule has 0 amide bonds. The molecule has 1 heterocycles. The van der Waals surface area contributed by atoms with E-state index >= 15 is 0 Å². The zero-order chi connectivity index (χ0) is 15.4. The van der Waals surface area contributed by atoms with Crippen LogP contribution in [0.15, 0.2) is 4.99 Å². The van der Waals surface area contributed by atoms with E-state index in [4.69, 9.17) is 4.99 Å². The largest absolute Gasteiger partial charge is 0.357 e. The van der Waals surface area contributed by atoms with Crippen LogP contribution in [0.4, 0.5) is 0 Å². The van der Waals surface area contributed by atoms with Crippen molar-refractivity contribution in [2.75, 3.05) is 32.7 Å². The Balaban J connectivity index is 0.00000192. The van der Waals surface area contributed by atoms with E-state index in [9.17, 15) is 0 Å². The van der Waals surface area contributed by atoms with Crippen molar-refractivity contribution in [3.8, 4) is 0 Å². The Morgan fingerprint density at radius 2 is 1.83 bits per heavy atom. The lowest BCUT2D eigenvalue weighted by Crippen LogP contribution is -2.49. The van der Waals surface area contributed by atoms with Crippen LogP contribution in [0.3, 0.4) is 0 Å². The van der Waals surface area contributed by atoms with Crippen LogP contribution in [-0.2, 0) is 0 Å². The van der Waals surface area contributed by atoms with Crippen LogP contribution in [0.25, 0.3) is 0 Å². The molecule has 0 atom stereocenters. The van der Waals surface area contributed by atoms with Crippen molar-refractivity contribution in [2.24, 2.45) is 16.3 Å². The molecule has 4 nitrogen and oxygen atoms in total. The fourth-order valence-corrected chi connectivity index (χ4v) is 3.92. The summed E-state index contributed by atoms with van der Waals surface area (Å²) in [6.45, 7) is 10.2. The third kappa shape index (κ3) is 5.48. The summed E-state index contributed by atoms with van der Waals surface area (Å²) in [7, 11) is 0. The van der Waals surface area contributed by atoms with Crippen molar-refractivity contribution in [3.63, 3.8) is 0 Å². The molecule has 2 saturated carbocycles. The first kappa shape index (κ1) is 19.3. The van der Waals surface area contributed by atoms with Crippen LogP contribution >= 0.6 is 24.0 Å². The van der Waals surface area contributed by atoms with Crippen molar-refractivity contribution in [1.29, 1.82) is 0 Å². The minimum Gasteiger partial charge on any atom is -0.357 e. The summed E-state index contributed by atoms with van der Waals surface area (Å²) in [5, 5.41) is 7.14. The second-order valence-corrected chi connectivity index (χ2v) is 7.59. The minimum absolute atomic E-state index is 0. The number of aliphatic imine (C=N–C) groups is 1. The number of nitrogens with one attached hydrogen (secondary N) is 2. The van der Waals surface area contributed by atoms with Crippen molar-refractivity contribution in [3.05, 3.63) is 0 Å². The molecule has 0 spiro atoms. The molecular weight excluding hydrogens is 399 g/mol. The molecule has 134 valence electrons. The summed E-state index contributed by atoms with van der Waals surface area (Å²) in [4.78, 5) is 7.53. The number of rotatable bonds is 7. The molecule has 0 bridgehead atoms. The highest BCUT2D eigenvalue weighted by Crippen LogP contribution is 2.61. The van der Waals surface area contributed by atoms with E-state index < -0.39 is 0 Å². The van der Waals surface area contributed by atoms with Crippen LogP contribution in [0.5, 0.6) is 0 Å². The van der Waals surface area contributed by atoms with Gasteiger partial charge in [0.15, 0.2) is 5.96 Å². The standard InChI is InChI=1S/C18H34N4.HI/c1-3-11-22-12-7-16(8-13-22)21-17(19-4-2)20-14-18(9-10-18)15-5-6-15;/h15-16H,3-14H2,1-2H3,(H2,19,20,21);1H. The van der Waals surface area contributed by atoms with Crippen molar-refractivity contribution < 1.29 is 0 Å². The fraction of sp³-hybridized carbons (Fsp3) is 0.944. The van der Waals surface area contributed by atoms with Crippen LogP contribution in [0.1, 0.15) is 58.8 Å². The first-order chi connectivity index (χ1) is 10.8. The summed E-state index contributed by atoms with van der Waals surface area (Å²) in [5.41, 5.74) is 0.604. The van der Waals surface area contributed by atoms with Gasteiger partial charge in [-0.25, -0.2) is 0 Å². The summed E-state index contributed by atoms with van der Waals surface area (Å²) in [5.74, 6) is 2.06. The van der Waals surface area contributed by atoms with E-state index in [2.05, 4.69) is 29.4 Å². The smallest absolute Gasteiger partial charge is 0.191 e. The lowest BCUT2D eigenvalue weighted by atomic mass is 10.0. The minimum atomic E-state index is 0. The van der Waals surface area contributed by atoms with E-state index in [-0.39, 0.29) is 24.0 Å². The van der Waals surface area contributed by atoms with Gasteiger partial charge in [-0.1, -0.05) is 6.92 Å². The molecule has 0 aromatic heterocycles. The predicted octanol–water partition coefficient (Wildman–Crippen LogP) is 3.22. The molecule has 3 fully saturated rings. The van der Waals surface area contributed by atoms with E-state index in [0.29, 0.717) is 11.5 Å². The van der Waals surface area contributed by atoms with E-state index in [0.717, 1.165) is 25.0 Å². The third-order valence-electron chi connectivity index (χ3n) is 5.70. The second-order valence-electron chi connectivity index (χ2n) is 7.59. The Labute approximate surface area is 159 Å². The summed E-state index contributed by atoms with van der Waals surface area (Å²) in [6.07, 6.45) is 9.50. The zero-order valence-corrected chi connectivity index (χ0v) is 17.3. The topological polar surface area (TPSA) is 39.7 Å². The van der Waals surface area contributed by atoms with Crippen molar-refractivity contribution in [2.45, 2.75) is 64.8 Å². The first-order valence-corrected chi connectivity index (χ1v) is 9.53. The second kappa shape index (κ2) is 8.88. The fourth-order valence-electron chi connectivity index (χ4n) is 3.92. The molecule has 0 aromatic carbocycles.